The molecule has 6 nitrogen and oxygen atoms in total. The number of aromatic nitrogens is 2. The highest BCUT2D eigenvalue weighted by Gasteiger charge is 2.33. The number of ether oxygens (including phenoxy) is 1. The van der Waals surface area contributed by atoms with Crippen LogP contribution < -0.4 is 4.74 Å². The molecule has 1 aromatic heterocycles. The highest BCUT2D eigenvalue weighted by atomic mass is 16.5. The Morgan fingerprint density at radius 3 is 2.84 bits per heavy atom. The number of rotatable bonds is 3. The fourth-order valence-corrected chi connectivity index (χ4v) is 3.12. The number of H-pyrrole nitrogens is 1. The average molecular weight is 334 g/mol. The lowest BCUT2D eigenvalue weighted by molar-refractivity contribution is -0.130. The van der Waals surface area contributed by atoms with Gasteiger partial charge in [-0.25, -0.2) is 9.99 Å². The number of hydrazone groups is 1. The van der Waals surface area contributed by atoms with Gasteiger partial charge >= 0.3 is 0 Å². The van der Waals surface area contributed by atoms with Gasteiger partial charge < -0.3 is 9.72 Å². The van der Waals surface area contributed by atoms with Crippen LogP contribution in [0.2, 0.25) is 0 Å². The van der Waals surface area contributed by atoms with E-state index >= 15 is 0 Å². The van der Waals surface area contributed by atoms with Crippen LogP contribution in [-0.4, -0.2) is 33.7 Å². The SMILES string of the molecule is COc1cccc(C2=NN(C(C)=O)C(c3nc4ccccc4[nH]3)C2)c1. The van der Waals surface area contributed by atoms with Gasteiger partial charge in [-0.05, 0) is 24.3 Å². The highest BCUT2D eigenvalue weighted by Crippen LogP contribution is 2.32. The molecule has 1 unspecified atom stereocenters. The number of imidazole rings is 1. The first-order chi connectivity index (χ1) is 12.2. The molecule has 0 saturated heterocycles. The molecule has 1 amide bonds. The van der Waals surface area contributed by atoms with Gasteiger partial charge in [0.25, 0.3) is 0 Å². The van der Waals surface area contributed by atoms with E-state index in [1.54, 1.807) is 7.11 Å². The molecule has 0 bridgehead atoms. The number of carbonyl (C=O) groups excluding carboxylic acids is 1. The predicted molar refractivity (Wildman–Crippen MR) is 95.5 cm³/mol. The number of methoxy groups -OCH3 is 1. The first-order valence-corrected chi connectivity index (χ1v) is 8.12. The molecule has 2 heterocycles. The molecule has 0 spiro atoms. The summed E-state index contributed by atoms with van der Waals surface area (Å²) in [7, 11) is 1.63. The molecule has 0 fully saturated rings. The maximum atomic E-state index is 12.1. The van der Waals surface area contributed by atoms with Crippen molar-refractivity contribution in [1.29, 1.82) is 0 Å². The van der Waals surface area contributed by atoms with Gasteiger partial charge in [-0.2, -0.15) is 5.10 Å². The lowest BCUT2D eigenvalue weighted by Gasteiger charge is -2.17. The van der Waals surface area contributed by atoms with Crippen LogP contribution in [0.4, 0.5) is 0 Å². The lowest BCUT2D eigenvalue weighted by Crippen LogP contribution is -2.25. The van der Waals surface area contributed by atoms with Crippen LogP contribution >= 0.6 is 0 Å². The van der Waals surface area contributed by atoms with Crippen LogP contribution in [0.1, 0.15) is 30.8 Å². The van der Waals surface area contributed by atoms with Crippen LogP contribution in [-0.2, 0) is 4.79 Å². The van der Waals surface area contributed by atoms with Gasteiger partial charge in [-0.15, -0.1) is 0 Å². The topological polar surface area (TPSA) is 70.6 Å². The summed E-state index contributed by atoms with van der Waals surface area (Å²) in [6.07, 6.45) is 0.604. The second kappa shape index (κ2) is 6.05. The Morgan fingerprint density at radius 2 is 2.08 bits per heavy atom. The lowest BCUT2D eigenvalue weighted by atomic mass is 10.0. The molecule has 0 aliphatic carbocycles. The number of benzene rings is 2. The van der Waals surface area contributed by atoms with E-state index in [2.05, 4.69) is 15.1 Å². The van der Waals surface area contributed by atoms with Crippen molar-refractivity contribution in [2.24, 2.45) is 5.10 Å². The van der Waals surface area contributed by atoms with E-state index in [0.717, 1.165) is 33.9 Å². The minimum Gasteiger partial charge on any atom is -0.497 e. The fraction of sp³-hybridized carbons (Fsp3) is 0.211. The minimum atomic E-state index is -0.230. The summed E-state index contributed by atoms with van der Waals surface area (Å²) >= 11 is 0. The third kappa shape index (κ3) is 2.76. The number of aromatic amines is 1. The molecule has 1 N–H and O–H groups in total. The molecule has 1 atom stereocenters. The smallest absolute Gasteiger partial charge is 0.240 e. The second-order valence-corrected chi connectivity index (χ2v) is 6.00. The van der Waals surface area contributed by atoms with Gasteiger partial charge in [0.15, 0.2) is 0 Å². The molecule has 6 heteroatoms. The third-order valence-corrected chi connectivity index (χ3v) is 4.36. The van der Waals surface area contributed by atoms with Crippen molar-refractivity contribution in [3.63, 3.8) is 0 Å². The third-order valence-electron chi connectivity index (χ3n) is 4.36. The molecular formula is C19H18N4O2. The van der Waals surface area contributed by atoms with Gasteiger partial charge in [-0.3, -0.25) is 4.79 Å². The number of para-hydroxylation sites is 2. The zero-order valence-corrected chi connectivity index (χ0v) is 14.1. The number of hydrogen-bond acceptors (Lipinski definition) is 4. The molecular weight excluding hydrogens is 316 g/mol. The van der Waals surface area contributed by atoms with Crippen molar-refractivity contribution in [2.75, 3.05) is 7.11 Å². The van der Waals surface area contributed by atoms with E-state index in [4.69, 9.17) is 4.74 Å². The van der Waals surface area contributed by atoms with E-state index < -0.39 is 0 Å². The number of nitrogens with zero attached hydrogens (tertiary/aromatic N) is 3. The molecule has 4 rings (SSSR count). The molecule has 0 saturated carbocycles. The fourth-order valence-electron chi connectivity index (χ4n) is 3.12. The first kappa shape index (κ1) is 15.4. The zero-order valence-electron chi connectivity index (χ0n) is 14.1. The molecule has 1 aliphatic rings. The Hall–Kier alpha value is -3.15. The van der Waals surface area contributed by atoms with Crippen molar-refractivity contribution in [1.82, 2.24) is 15.0 Å². The maximum absolute atomic E-state index is 12.1. The summed E-state index contributed by atoms with van der Waals surface area (Å²) < 4.78 is 5.29. The Labute approximate surface area is 145 Å². The Balaban J connectivity index is 1.71. The molecule has 3 aromatic rings. The number of carbonyl (C=O) groups is 1. The molecule has 0 radical (unpaired) electrons. The van der Waals surface area contributed by atoms with Gasteiger partial charge in [0.1, 0.15) is 17.6 Å². The number of nitrogens with one attached hydrogen (secondary N) is 1. The average Bonchev–Trinajstić information content (AvgIpc) is 3.25. The molecule has 2 aromatic carbocycles. The Bertz CT molecular complexity index is 943. The van der Waals surface area contributed by atoms with Crippen molar-refractivity contribution in [3.8, 4) is 5.75 Å². The van der Waals surface area contributed by atoms with E-state index in [-0.39, 0.29) is 11.9 Å². The summed E-state index contributed by atoms with van der Waals surface area (Å²) in [4.78, 5) is 20.1. The quantitative estimate of drug-likeness (QED) is 0.799. The van der Waals surface area contributed by atoms with Crippen molar-refractivity contribution in [2.45, 2.75) is 19.4 Å². The van der Waals surface area contributed by atoms with E-state index in [0.29, 0.717) is 6.42 Å². The molecule has 126 valence electrons. The predicted octanol–water partition coefficient (Wildman–Crippen LogP) is 3.27. The van der Waals surface area contributed by atoms with Crippen molar-refractivity contribution < 1.29 is 9.53 Å². The number of fused-ring (bicyclic) bond motifs is 1. The second-order valence-electron chi connectivity index (χ2n) is 6.00. The van der Waals surface area contributed by atoms with E-state index in [9.17, 15) is 4.79 Å². The van der Waals surface area contributed by atoms with E-state index in [1.807, 2.05) is 48.5 Å². The van der Waals surface area contributed by atoms with Crippen LogP contribution in [0, 0.1) is 0 Å². The van der Waals surface area contributed by atoms with Crippen LogP contribution in [0.3, 0.4) is 0 Å². The first-order valence-electron chi connectivity index (χ1n) is 8.12. The maximum Gasteiger partial charge on any atom is 0.240 e. The van der Waals surface area contributed by atoms with Crippen LogP contribution in [0.5, 0.6) is 5.75 Å². The summed E-state index contributed by atoms with van der Waals surface area (Å²) in [6, 6.07) is 15.3. The van der Waals surface area contributed by atoms with Gasteiger partial charge in [0.2, 0.25) is 5.91 Å². The minimum absolute atomic E-state index is 0.108. The summed E-state index contributed by atoms with van der Waals surface area (Å²) in [6.45, 7) is 1.52. The normalized spacial score (nSPS) is 17.0. The largest absolute Gasteiger partial charge is 0.497 e. The number of amides is 1. The summed E-state index contributed by atoms with van der Waals surface area (Å²) in [5.41, 5.74) is 3.63. The summed E-state index contributed by atoms with van der Waals surface area (Å²) in [5, 5.41) is 6.05. The Morgan fingerprint density at radius 1 is 1.24 bits per heavy atom. The van der Waals surface area contributed by atoms with Crippen LogP contribution in [0.15, 0.2) is 53.6 Å². The Kier molecular flexibility index (Phi) is 3.72. The molecule has 25 heavy (non-hydrogen) atoms. The monoisotopic (exact) mass is 334 g/mol. The number of hydrogen-bond donors (Lipinski definition) is 1. The van der Waals surface area contributed by atoms with Crippen molar-refractivity contribution >= 4 is 22.7 Å². The van der Waals surface area contributed by atoms with Crippen LogP contribution in [0.25, 0.3) is 11.0 Å². The zero-order chi connectivity index (χ0) is 17.4. The van der Waals surface area contributed by atoms with Crippen molar-refractivity contribution in [3.05, 3.63) is 59.9 Å². The molecule has 1 aliphatic heterocycles. The van der Waals surface area contributed by atoms with Gasteiger partial charge in [0.05, 0.1) is 23.9 Å². The standard InChI is InChI=1S/C19H18N4O2/c1-12(24)23-18(19-20-15-8-3-4-9-16(15)21-19)11-17(22-23)13-6-5-7-14(10-13)25-2/h3-10,18H,11H2,1-2H3,(H,20,21). The highest BCUT2D eigenvalue weighted by molar-refractivity contribution is 6.03. The van der Waals surface area contributed by atoms with Gasteiger partial charge in [0, 0.05) is 18.9 Å². The summed E-state index contributed by atoms with van der Waals surface area (Å²) in [5.74, 6) is 1.41. The van der Waals surface area contributed by atoms with E-state index in [1.165, 1.54) is 11.9 Å². The van der Waals surface area contributed by atoms with Gasteiger partial charge in [-0.1, -0.05) is 24.3 Å².